The van der Waals surface area contributed by atoms with Crippen LogP contribution in [0.15, 0.2) is 17.4 Å². The van der Waals surface area contributed by atoms with Gasteiger partial charge < -0.3 is 14.8 Å². The van der Waals surface area contributed by atoms with Crippen LogP contribution < -0.4 is 5.32 Å². The lowest BCUT2D eigenvalue weighted by Gasteiger charge is -2.20. The Morgan fingerprint density at radius 3 is 2.87 bits per heavy atom. The van der Waals surface area contributed by atoms with Crippen molar-refractivity contribution in [2.75, 3.05) is 24.3 Å². The maximum atomic E-state index is 13.1. The second-order valence-electron chi connectivity index (χ2n) is 9.71. The average Bonchev–Trinajstić information content (AvgIpc) is 3.70. The van der Waals surface area contributed by atoms with Gasteiger partial charge in [0.15, 0.2) is 11.0 Å². The molecule has 204 valence electrons. The van der Waals surface area contributed by atoms with Gasteiger partial charge in [-0.25, -0.2) is 4.79 Å². The Kier molecular flexibility index (Phi) is 8.49. The van der Waals surface area contributed by atoms with Crippen LogP contribution in [0.2, 0.25) is 0 Å². The molecule has 2 aliphatic rings. The highest BCUT2D eigenvalue weighted by atomic mass is 32.2. The van der Waals surface area contributed by atoms with Crippen LogP contribution in [0.4, 0.5) is 5.00 Å². The highest BCUT2D eigenvalue weighted by molar-refractivity contribution is 7.99. The third kappa shape index (κ3) is 5.81. The van der Waals surface area contributed by atoms with Gasteiger partial charge in [-0.3, -0.25) is 14.0 Å². The molecule has 0 spiro atoms. The second-order valence-corrected chi connectivity index (χ2v) is 11.8. The molecule has 4 heterocycles. The Labute approximate surface area is 230 Å². The van der Waals surface area contributed by atoms with Crippen molar-refractivity contribution in [2.45, 2.75) is 70.2 Å². The van der Waals surface area contributed by atoms with E-state index in [2.05, 4.69) is 27.5 Å². The Morgan fingerprint density at radius 2 is 2.16 bits per heavy atom. The molecule has 12 heteroatoms. The normalized spacial score (nSPS) is 18.9. The number of hydrogen-bond donors (Lipinski definition) is 1. The van der Waals surface area contributed by atoms with Gasteiger partial charge in [-0.1, -0.05) is 25.1 Å². The molecule has 3 aromatic heterocycles. The van der Waals surface area contributed by atoms with E-state index < -0.39 is 0 Å². The van der Waals surface area contributed by atoms with Gasteiger partial charge >= 0.3 is 5.97 Å². The van der Waals surface area contributed by atoms with Crippen LogP contribution in [-0.4, -0.2) is 61.5 Å². The van der Waals surface area contributed by atoms with Crippen molar-refractivity contribution in [3.63, 3.8) is 0 Å². The highest BCUT2D eigenvalue weighted by Gasteiger charge is 2.30. The Balaban J connectivity index is 1.32. The van der Waals surface area contributed by atoms with Crippen LogP contribution in [0, 0.1) is 5.92 Å². The average molecular weight is 559 g/mol. The number of aromatic nitrogens is 5. The zero-order valence-corrected chi connectivity index (χ0v) is 23.7. The zero-order chi connectivity index (χ0) is 26.6. The molecule has 0 radical (unpaired) electrons. The van der Waals surface area contributed by atoms with E-state index in [4.69, 9.17) is 9.47 Å². The molecule has 10 nitrogen and oxygen atoms in total. The number of nitrogens with zero attached hydrogens (tertiary/aromatic N) is 5. The summed E-state index contributed by atoms with van der Waals surface area (Å²) < 4.78 is 14.9. The standard InChI is InChI=1S/C26H34N6O4S2/c1-4-16-8-9-18-20(13-16)38-24(22(18)25(34)35-5-2)27-21(33)15-37-26-29-28-23(19-10-11-31(3)30-19)32(26)14-17-7-6-12-36-17/h10-11,16-17H,4-9,12-15H2,1-3H3,(H,27,33). The SMILES string of the molecule is CCOC(=O)c1c(NC(=O)CSc2nnc(-c3ccn(C)n3)n2CC2CCCO2)sc2c1CCC(CC)C2. The molecule has 1 aliphatic carbocycles. The maximum absolute atomic E-state index is 13.1. The molecular formula is C26H34N6O4S2. The third-order valence-electron chi connectivity index (χ3n) is 7.08. The van der Waals surface area contributed by atoms with E-state index >= 15 is 0 Å². The summed E-state index contributed by atoms with van der Waals surface area (Å²) in [6, 6.07) is 1.90. The summed E-state index contributed by atoms with van der Waals surface area (Å²) in [5.41, 5.74) is 2.29. The van der Waals surface area contributed by atoms with E-state index in [0.29, 0.717) is 40.6 Å². The molecule has 1 aliphatic heterocycles. The number of amides is 1. The summed E-state index contributed by atoms with van der Waals surface area (Å²) in [5, 5.41) is 17.5. The van der Waals surface area contributed by atoms with Crippen LogP contribution in [-0.2, 0) is 40.7 Å². The summed E-state index contributed by atoms with van der Waals surface area (Å²) >= 11 is 2.83. The van der Waals surface area contributed by atoms with Crippen molar-refractivity contribution < 1.29 is 19.1 Å². The van der Waals surface area contributed by atoms with Gasteiger partial charge in [0.25, 0.3) is 0 Å². The number of carbonyl (C=O) groups excluding carboxylic acids is 2. The molecule has 0 bridgehead atoms. The van der Waals surface area contributed by atoms with Gasteiger partial charge in [0.05, 0.1) is 30.6 Å². The number of ether oxygens (including phenoxy) is 2. The van der Waals surface area contributed by atoms with Gasteiger partial charge in [-0.15, -0.1) is 21.5 Å². The van der Waals surface area contributed by atoms with Gasteiger partial charge in [-0.2, -0.15) is 5.10 Å². The summed E-state index contributed by atoms with van der Waals surface area (Å²) in [5.74, 6) is 0.842. The minimum Gasteiger partial charge on any atom is -0.462 e. The first-order valence-corrected chi connectivity index (χ1v) is 15.1. The van der Waals surface area contributed by atoms with Crippen molar-refractivity contribution in [1.82, 2.24) is 24.5 Å². The predicted molar refractivity (Wildman–Crippen MR) is 147 cm³/mol. The third-order valence-corrected chi connectivity index (χ3v) is 9.22. The zero-order valence-electron chi connectivity index (χ0n) is 22.1. The fourth-order valence-corrected chi connectivity index (χ4v) is 7.19. The summed E-state index contributed by atoms with van der Waals surface area (Å²) in [4.78, 5) is 27.1. The van der Waals surface area contributed by atoms with E-state index in [-0.39, 0.29) is 23.7 Å². The van der Waals surface area contributed by atoms with Crippen molar-refractivity contribution in [3.8, 4) is 11.5 Å². The van der Waals surface area contributed by atoms with E-state index in [1.807, 2.05) is 23.9 Å². The molecule has 1 fully saturated rings. The van der Waals surface area contributed by atoms with Crippen LogP contribution >= 0.6 is 23.1 Å². The van der Waals surface area contributed by atoms with Crippen LogP contribution in [0.5, 0.6) is 0 Å². The molecule has 38 heavy (non-hydrogen) atoms. The molecule has 3 aromatic rings. The number of rotatable bonds is 10. The lowest BCUT2D eigenvalue weighted by molar-refractivity contribution is -0.113. The molecule has 0 saturated carbocycles. The summed E-state index contributed by atoms with van der Waals surface area (Å²) in [7, 11) is 1.86. The number of anilines is 1. The van der Waals surface area contributed by atoms with Gasteiger partial charge in [-0.05, 0) is 56.6 Å². The Bertz CT molecular complexity index is 1290. The van der Waals surface area contributed by atoms with Crippen LogP contribution in [0.25, 0.3) is 11.5 Å². The van der Waals surface area contributed by atoms with E-state index in [1.54, 1.807) is 11.6 Å². The monoisotopic (exact) mass is 558 g/mol. The number of carbonyl (C=O) groups is 2. The van der Waals surface area contributed by atoms with Crippen LogP contribution in [0.1, 0.15) is 60.3 Å². The molecule has 5 rings (SSSR count). The molecule has 2 unspecified atom stereocenters. The number of fused-ring (bicyclic) bond motifs is 1. The lowest BCUT2D eigenvalue weighted by atomic mass is 9.85. The molecule has 2 atom stereocenters. The molecule has 1 N–H and O–H groups in total. The lowest BCUT2D eigenvalue weighted by Crippen LogP contribution is -2.19. The largest absolute Gasteiger partial charge is 0.462 e. The number of nitrogens with one attached hydrogen (secondary N) is 1. The van der Waals surface area contributed by atoms with E-state index in [0.717, 1.165) is 56.4 Å². The first-order chi connectivity index (χ1) is 18.5. The molecular weight excluding hydrogens is 524 g/mol. The first kappa shape index (κ1) is 26.9. The van der Waals surface area contributed by atoms with E-state index in [9.17, 15) is 9.59 Å². The van der Waals surface area contributed by atoms with Crippen LogP contribution in [0.3, 0.4) is 0 Å². The van der Waals surface area contributed by atoms with Crippen molar-refractivity contribution in [3.05, 3.63) is 28.3 Å². The highest BCUT2D eigenvalue weighted by Crippen LogP contribution is 2.41. The summed E-state index contributed by atoms with van der Waals surface area (Å²) in [6.45, 7) is 5.65. The number of thiophene rings is 1. The first-order valence-electron chi connectivity index (χ1n) is 13.3. The number of esters is 1. The predicted octanol–water partition coefficient (Wildman–Crippen LogP) is 4.34. The minimum absolute atomic E-state index is 0.0816. The Morgan fingerprint density at radius 1 is 1.29 bits per heavy atom. The maximum Gasteiger partial charge on any atom is 0.341 e. The molecule has 1 amide bonds. The molecule has 1 saturated heterocycles. The van der Waals surface area contributed by atoms with Gasteiger partial charge in [0, 0.05) is 24.7 Å². The fourth-order valence-electron chi connectivity index (χ4n) is 5.08. The smallest absolute Gasteiger partial charge is 0.341 e. The second kappa shape index (κ2) is 12.0. The van der Waals surface area contributed by atoms with Gasteiger partial charge in [0.1, 0.15) is 10.7 Å². The number of thioether (sulfide) groups is 1. The van der Waals surface area contributed by atoms with Crippen molar-refractivity contribution in [1.29, 1.82) is 0 Å². The van der Waals surface area contributed by atoms with E-state index in [1.165, 1.54) is 28.0 Å². The van der Waals surface area contributed by atoms with Crippen molar-refractivity contribution in [2.24, 2.45) is 13.0 Å². The molecule has 0 aromatic carbocycles. The van der Waals surface area contributed by atoms with Gasteiger partial charge in [0.2, 0.25) is 5.91 Å². The quantitative estimate of drug-likeness (QED) is 0.289. The minimum atomic E-state index is -0.362. The fraction of sp³-hybridized carbons (Fsp3) is 0.577. The van der Waals surface area contributed by atoms with Crippen molar-refractivity contribution >= 4 is 40.0 Å². The number of hydrogen-bond acceptors (Lipinski definition) is 9. The summed E-state index contributed by atoms with van der Waals surface area (Å²) in [6.07, 6.45) is 7.89. The Hall–Kier alpha value is -2.70. The number of aryl methyl sites for hydroxylation is 1. The topological polar surface area (TPSA) is 113 Å².